The second kappa shape index (κ2) is 7.49. The van der Waals surface area contributed by atoms with E-state index in [4.69, 9.17) is 5.73 Å². The molecule has 3 nitrogen and oxygen atoms in total. The molecule has 2 aliphatic heterocycles. The second-order valence-electron chi connectivity index (χ2n) is 4.87. The Bertz CT molecular complexity index is 245. The maximum atomic E-state index is 12.2. The van der Waals surface area contributed by atoms with Gasteiger partial charge in [0.1, 0.15) is 0 Å². The van der Waals surface area contributed by atoms with Crippen LogP contribution >= 0.6 is 24.2 Å². The molecule has 0 aromatic rings. The van der Waals surface area contributed by atoms with Crippen LogP contribution in [0.5, 0.6) is 0 Å². The molecule has 2 aliphatic rings. The second-order valence-corrected chi connectivity index (χ2v) is 6.18. The highest BCUT2D eigenvalue weighted by atomic mass is 35.5. The van der Waals surface area contributed by atoms with Gasteiger partial charge in [0.05, 0.1) is 5.25 Å². The zero-order valence-corrected chi connectivity index (χ0v) is 11.9. The van der Waals surface area contributed by atoms with Gasteiger partial charge in [0.25, 0.3) is 0 Å². The minimum Gasteiger partial charge on any atom is -0.341 e. The van der Waals surface area contributed by atoms with E-state index in [0.717, 1.165) is 44.6 Å². The van der Waals surface area contributed by atoms with Gasteiger partial charge in [0, 0.05) is 13.1 Å². The number of nitrogens with two attached hydrogens (primary N) is 1. The van der Waals surface area contributed by atoms with E-state index in [1.165, 1.54) is 12.8 Å². The number of halogens is 1. The number of carbonyl (C=O) groups is 1. The predicted octanol–water partition coefficient (Wildman–Crippen LogP) is 1.89. The van der Waals surface area contributed by atoms with Crippen LogP contribution in [0.15, 0.2) is 0 Å². The predicted molar refractivity (Wildman–Crippen MR) is 75.7 cm³/mol. The van der Waals surface area contributed by atoms with E-state index in [-0.39, 0.29) is 17.7 Å². The molecule has 2 atom stereocenters. The molecule has 2 unspecified atom stereocenters. The van der Waals surface area contributed by atoms with Crippen molar-refractivity contribution in [2.45, 2.75) is 37.4 Å². The SMILES string of the molecule is Cl.NCCC1CCCN(C(=O)C2CCCS2)C1. The lowest BCUT2D eigenvalue weighted by molar-refractivity contribution is -0.132. The molecule has 0 spiro atoms. The van der Waals surface area contributed by atoms with Gasteiger partial charge in [-0.15, -0.1) is 24.2 Å². The van der Waals surface area contributed by atoms with Crippen molar-refractivity contribution in [2.75, 3.05) is 25.4 Å². The van der Waals surface area contributed by atoms with Gasteiger partial charge < -0.3 is 10.6 Å². The van der Waals surface area contributed by atoms with E-state index in [0.29, 0.717) is 11.8 Å². The van der Waals surface area contributed by atoms with Crippen LogP contribution in [0.4, 0.5) is 0 Å². The molecule has 0 saturated carbocycles. The maximum Gasteiger partial charge on any atom is 0.235 e. The Hall–Kier alpha value is 0.0700. The van der Waals surface area contributed by atoms with E-state index in [2.05, 4.69) is 4.90 Å². The van der Waals surface area contributed by atoms with Gasteiger partial charge in [0.15, 0.2) is 0 Å². The molecule has 2 saturated heterocycles. The summed E-state index contributed by atoms with van der Waals surface area (Å²) in [4.78, 5) is 14.3. The van der Waals surface area contributed by atoms with E-state index in [9.17, 15) is 4.79 Å². The quantitative estimate of drug-likeness (QED) is 0.858. The van der Waals surface area contributed by atoms with Gasteiger partial charge in [-0.3, -0.25) is 4.79 Å². The standard InChI is InChI=1S/C12H22N2OS.ClH/c13-6-5-10-3-1-7-14(9-10)12(15)11-4-2-8-16-11;/h10-11H,1-9,13H2;1H. The Labute approximate surface area is 114 Å². The Morgan fingerprint density at radius 3 is 2.82 bits per heavy atom. The summed E-state index contributed by atoms with van der Waals surface area (Å²) in [6.07, 6.45) is 5.77. The van der Waals surface area contributed by atoms with Crippen LogP contribution in [0.25, 0.3) is 0 Å². The zero-order valence-electron chi connectivity index (χ0n) is 10.3. The number of hydrogen-bond acceptors (Lipinski definition) is 3. The minimum atomic E-state index is 0. The summed E-state index contributed by atoms with van der Waals surface area (Å²) in [7, 11) is 0. The first-order valence-electron chi connectivity index (χ1n) is 6.41. The van der Waals surface area contributed by atoms with Crippen LogP contribution in [0, 0.1) is 5.92 Å². The first-order chi connectivity index (χ1) is 7.81. The molecule has 17 heavy (non-hydrogen) atoms. The molecule has 2 heterocycles. The summed E-state index contributed by atoms with van der Waals surface area (Å²) in [6.45, 7) is 2.68. The minimum absolute atomic E-state index is 0. The average Bonchev–Trinajstić information content (AvgIpc) is 2.82. The Balaban J connectivity index is 0.00000144. The molecule has 0 radical (unpaired) electrons. The summed E-state index contributed by atoms with van der Waals surface area (Å²) in [5.41, 5.74) is 5.60. The molecule has 0 aromatic heterocycles. The number of rotatable bonds is 3. The van der Waals surface area contributed by atoms with Crippen molar-refractivity contribution in [1.82, 2.24) is 4.90 Å². The van der Waals surface area contributed by atoms with Crippen LogP contribution in [0.3, 0.4) is 0 Å². The highest BCUT2D eigenvalue weighted by Crippen LogP contribution is 2.29. The van der Waals surface area contributed by atoms with Crippen LogP contribution in [0.1, 0.15) is 32.1 Å². The third kappa shape index (κ3) is 4.04. The third-order valence-electron chi connectivity index (χ3n) is 3.61. The Kier molecular flexibility index (Phi) is 6.67. The fourth-order valence-corrected chi connectivity index (χ4v) is 3.96. The highest BCUT2D eigenvalue weighted by Gasteiger charge is 2.30. The van der Waals surface area contributed by atoms with Gasteiger partial charge >= 0.3 is 0 Å². The fourth-order valence-electron chi connectivity index (χ4n) is 2.71. The largest absolute Gasteiger partial charge is 0.341 e. The van der Waals surface area contributed by atoms with Crippen LogP contribution in [0.2, 0.25) is 0 Å². The van der Waals surface area contributed by atoms with E-state index in [1.807, 2.05) is 11.8 Å². The van der Waals surface area contributed by atoms with E-state index in [1.54, 1.807) is 0 Å². The lowest BCUT2D eigenvalue weighted by Crippen LogP contribution is -2.43. The summed E-state index contributed by atoms with van der Waals surface area (Å²) in [5.74, 6) is 2.20. The molecule has 100 valence electrons. The molecule has 2 fully saturated rings. The van der Waals surface area contributed by atoms with Crippen molar-refractivity contribution in [3.8, 4) is 0 Å². The number of likely N-dealkylation sites (tertiary alicyclic amines) is 1. The van der Waals surface area contributed by atoms with Crippen molar-refractivity contribution in [1.29, 1.82) is 0 Å². The first-order valence-corrected chi connectivity index (χ1v) is 7.46. The highest BCUT2D eigenvalue weighted by molar-refractivity contribution is 8.00. The molecular weight excluding hydrogens is 256 g/mol. The van der Waals surface area contributed by atoms with Crippen molar-refractivity contribution < 1.29 is 4.79 Å². The number of carbonyl (C=O) groups excluding carboxylic acids is 1. The molecular formula is C12H23ClN2OS. The number of piperidine rings is 1. The van der Waals surface area contributed by atoms with E-state index < -0.39 is 0 Å². The number of thioether (sulfide) groups is 1. The lowest BCUT2D eigenvalue weighted by atomic mass is 9.94. The van der Waals surface area contributed by atoms with Crippen molar-refractivity contribution >= 4 is 30.1 Å². The summed E-state index contributed by atoms with van der Waals surface area (Å²) in [6, 6.07) is 0. The van der Waals surface area contributed by atoms with Crippen LogP contribution in [-0.4, -0.2) is 41.4 Å². The average molecular weight is 279 g/mol. The van der Waals surface area contributed by atoms with Gasteiger partial charge in [-0.05, 0) is 50.3 Å². The summed E-state index contributed by atoms with van der Waals surface area (Å²) >= 11 is 1.84. The van der Waals surface area contributed by atoms with Crippen molar-refractivity contribution in [2.24, 2.45) is 11.7 Å². The van der Waals surface area contributed by atoms with Crippen LogP contribution < -0.4 is 5.73 Å². The molecule has 0 bridgehead atoms. The monoisotopic (exact) mass is 278 g/mol. The smallest absolute Gasteiger partial charge is 0.235 e. The summed E-state index contributed by atoms with van der Waals surface area (Å²) in [5, 5.41) is 0.261. The molecule has 2 N–H and O–H groups in total. The first kappa shape index (κ1) is 15.1. The number of hydrogen-bond donors (Lipinski definition) is 1. The van der Waals surface area contributed by atoms with Gasteiger partial charge in [-0.2, -0.15) is 0 Å². The molecule has 0 aromatic carbocycles. The number of amides is 1. The summed E-state index contributed by atoms with van der Waals surface area (Å²) < 4.78 is 0. The maximum absolute atomic E-state index is 12.2. The molecule has 5 heteroatoms. The van der Waals surface area contributed by atoms with Gasteiger partial charge in [-0.1, -0.05) is 0 Å². The van der Waals surface area contributed by atoms with Crippen molar-refractivity contribution in [3.05, 3.63) is 0 Å². The molecule has 0 aliphatic carbocycles. The number of nitrogens with zero attached hydrogens (tertiary/aromatic N) is 1. The molecule has 1 amide bonds. The topological polar surface area (TPSA) is 46.3 Å². The normalized spacial score (nSPS) is 28.9. The zero-order chi connectivity index (χ0) is 11.4. The fraction of sp³-hybridized carbons (Fsp3) is 0.917. The lowest BCUT2D eigenvalue weighted by Gasteiger charge is -2.34. The Morgan fingerprint density at radius 1 is 1.35 bits per heavy atom. The Morgan fingerprint density at radius 2 is 2.18 bits per heavy atom. The molecule has 2 rings (SSSR count). The van der Waals surface area contributed by atoms with Crippen LogP contribution in [-0.2, 0) is 4.79 Å². The van der Waals surface area contributed by atoms with Gasteiger partial charge in [0.2, 0.25) is 5.91 Å². The van der Waals surface area contributed by atoms with Crippen molar-refractivity contribution in [3.63, 3.8) is 0 Å². The van der Waals surface area contributed by atoms with E-state index >= 15 is 0 Å². The third-order valence-corrected chi connectivity index (χ3v) is 4.97. The van der Waals surface area contributed by atoms with Gasteiger partial charge in [-0.25, -0.2) is 0 Å².